The van der Waals surface area contributed by atoms with E-state index in [-0.39, 0.29) is 33.8 Å². The molecule has 0 amide bonds. The number of allylic oxidation sites excluding steroid dienone is 1. The number of epoxide rings is 1. The Morgan fingerprint density at radius 1 is 1.10 bits per heavy atom. The number of nitrogens with zero attached hydrogens (tertiary/aromatic N) is 4. The van der Waals surface area contributed by atoms with Gasteiger partial charge in [-0.3, -0.25) is 9.79 Å². The van der Waals surface area contributed by atoms with Crippen molar-refractivity contribution < 1.29 is 28.5 Å². The number of ether oxygens (including phenoxy) is 3. The van der Waals surface area contributed by atoms with Gasteiger partial charge in [0.2, 0.25) is 0 Å². The Kier molecular flexibility index (Phi) is 9.35. The van der Waals surface area contributed by atoms with E-state index >= 15 is 0 Å². The molecule has 1 saturated heterocycles. The number of anilines is 2. The highest BCUT2D eigenvalue weighted by Gasteiger charge is 2.66. The summed E-state index contributed by atoms with van der Waals surface area (Å²) in [6.45, 7) is 5.43. The van der Waals surface area contributed by atoms with E-state index in [9.17, 15) is 14.7 Å². The van der Waals surface area contributed by atoms with Crippen molar-refractivity contribution in [2.75, 3.05) is 31.6 Å². The number of aromatic nitrogens is 2. The Morgan fingerprint density at radius 3 is 2.80 bits per heavy atom. The molecule has 1 spiro atoms. The highest BCUT2D eigenvalue weighted by Crippen LogP contribution is 2.55. The molecule has 60 heavy (non-hydrogen) atoms. The molecule has 1 aromatic carbocycles. The molecule has 4 aromatic rings. The van der Waals surface area contributed by atoms with Crippen molar-refractivity contribution in [3.8, 4) is 22.8 Å². The SMILES string of the molecule is CNCC[C@@]12O[C@@H]1CCc1cc(N)nc(c1)-c1cc(CN3C=C4N=CC=C4C3)nc(N)c1CSS[C@H]1C=C[C@]3(Cc4c(cc5oc(C)cc(=O)c5c4O)O[C@@]3(C)C1)OC2=O. The Hall–Kier alpha value is -5.29. The Morgan fingerprint density at radius 2 is 1.97 bits per heavy atom. The Labute approximate surface area is 353 Å². The lowest BCUT2D eigenvalue weighted by Gasteiger charge is -2.52. The van der Waals surface area contributed by atoms with Crippen LogP contribution in [0.2, 0.25) is 0 Å². The van der Waals surface area contributed by atoms with Crippen molar-refractivity contribution in [1.82, 2.24) is 20.2 Å². The summed E-state index contributed by atoms with van der Waals surface area (Å²) in [5.41, 5.74) is 16.2. The van der Waals surface area contributed by atoms with E-state index in [1.807, 2.05) is 50.5 Å². The molecular formula is C44H45N7O7S2. The first-order valence-corrected chi connectivity index (χ1v) is 22.5. The van der Waals surface area contributed by atoms with Crippen LogP contribution in [0.15, 0.2) is 80.2 Å². The zero-order valence-electron chi connectivity index (χ0n) is 33.4. The summed E-state index contributed by atoms with van der Waals surface area (Å²) in [6, 6.07) is 8.98. The molecule has 310 valence electrons. The number of fused-ring (bicyclic) bond motifs is 7. The maximum absolute atomic E-state index is 14.7. The highest BCUT2D eigenvalue weighted by molar-refractivity contribution is 8.76. The minimum atomic E-state index is -1.35. The minimum absolute atomic E-state index is 0.0549. The monoisotopic (exact) mass is 847 g/mol. The number of nitrogens with two attached hydrogens (primary N) is 2. The number of hydrogen-bond acceptors (Lipinski definition) is 16. The fraction of sp³-hybridized carbons (Fsp3) is 0.386. The molecule has 11 rings (SSSR count). The number of aromatic hydroxyl groups is 1. The lowest BCUT2D eigenvalue weighted by molar-refractivity contribution is -0.187. The van der Waals surface area contributed by atoms with E-state index in [4.69, 9.17) is 40.1 Å². The smallest absolute Gasteiger partial charge is 0.342 e. The van der Waals surface area contributed by atoms with Gasteiger partial charge in [0.05, 0.1) is 29.7 Å². The summed E-state index contributed by atoms with van der Waals surface area (Å²) in [7, 11) is 5.13. The van der Waals surface area contributed by atoms with Gasteiger partial charge in [0, 0.05) is 83.6 Å². The zero-order valence-corrected chi connectivity index (χ0v) is 35.1. The van der Waals surface area contributed by atoms with Crippen LogP contribution < -0.4 is 26.9 Å². The van der Waals surface area contributed by atoms with Crippen LogP contribution in [-0.2, 0) is 39.4 Å². The van der Waals surface area contributed by atoms with E-state index in [2.05, 4.69) is 27.5 Å². The van der Waals surface area contributed by atoms with E-state index < -0.39 is 28.9 Å². The maximum atomic E-state index is 14.7. The van der Waals surface area contributed by atoms with Crippen molar-refractivity contribution in [2.45, 2.75) is 86.4 Å². The predicted octanol–water partition coefficient (Wildman–Crippen LogP) is 5.68. The van der Waals surface area contributed by atoms with Crippen LogP contribution in [-0.4, -0.2) is 80.5 Å². The van der Waals surface area contributed by atoms with Gasteiger partial charge in [-0.05, 0) is 76.2 Å². The van der Waals surface area contributed by atoms with E-state index in [0.29, 0.717) is 78.9 Å². The molecule has 6 aliphatic heterocycles. The van der Waals surface area contributed by atoms with Crippen molar-refractivity contribution >= 4 is 56.4 Å². The van der Waals surface area contributed by atoms with Gasteiger partial charge < -0.3 is 45.4 Å². The average molecular weight is 848 g/mol. The largest absolute Gasteiger partial charge is 0.507 e. The number of phenols is 1. The van der Waals surface area contributed by atoms with Crippen LogP contribution in [0.4, 0.5) is 11.6 Å². The molecule has 0 radical (unpaired) electrons. The normalized spacial score (nSPS) is 27.7. The number of rotatable bonds is 5. The van der Waals surface area contributed by atoms with Gasteiger partial charge in [-0.2, -0.15) is 0 Å². The van der Waals surface area contributed by atoms with Gasteiger partial charge in [0.1, 0.15) is 39.9 Å². The van der Waals surface area contributed by atoms with Crippen molar-refractivity contribution in [3.05, 3.63) is 104 Å². The first-order chi connectivity index (χ1) is 28.9. The number of nitrogen functional groups attached to an aromatic ring is 2. The predicted molar refractivity (Wildman–Crippen MR) is 233 cm³/mol. The summed E-state index contributed by atoms with van der Waals surface area (Å²) in [4.78, 5) is 44.2. The second-order valence-corrected chi connectivity index (χ2v) is 19.2. The van der Waals surface area contributed by atoms with Gasteiger partial charge in [-0.15, -0.1) is 0 Å². The first-order valence-electron chi connectivity index (χ1n) is 20.1. The quantitative estimate of drug-likeness (QED) is 0.0827. The third-order valence-corrected chi connectivity index (χ3v) is 15.2. The highest BCUT2D eigenvalue weighted by atomic mass is 33.1. The minimum Gasteiger partial charge on any atom is -0.507 e. The van der Waals surface area contributed by atoms with Gasteiger partial charge in [0.15, 0.2) is 22.2 Å². The maximum Gasteiger partial charge on any atom is 0.342 e. The number of aryl methyl sites for hydroxylation is 2. The lowest BCUT2D eigenvalue weighted by atomic mass is 9.70. The van der Waals surface area contributed by atoms with Crippen molar-refractivity contribution in [2.24, 2.45) is 4.99 Å². The molecule has 5 atom stereocenters. The van der Waals surface area contributed by atoms with Gasteiger partial charge in [-0.1, -0.05) is 27.7 Å². The van der Waals surface area contributed by atoms with Crippen molar-refractivity contribution in [1.29, 1.82) is 0 Å². The number of aliphatic imine (C=N–C) groups is 1. The van der Waals surface area contributed by atoms with Gasteiger partial charge >= 0.3 is 5.97 Å². The molecule has 4 bridgehead atoms. The van der Waals surface area contributed by atoms with E-state index in [1.54, 1.807) is 34.6 Å². The van der Waals surface area contributed by atoms with Crippen molar-refractivity contribution in [3.63, 3.8) is 0 Å². The van der Waals surface area contributed by atoms with Gasteiger partial charge in [0.25, 0.3) is 0 Å². The average Bonchev–Trinajstić information content (AvgIpc) is 3.52. The standard InChI is InChI=1S/C44H45N7O7S2/c1-23-12-33(52)38-35(55-23)16-34-29(39(38)53)18-43-8-6-27(17-42(43,2)56-34)60-59-22-30-28(15-26(49-40(30)46)20-51-19-25-7-10-48-32(25)21-51)31-13-24(14-37(45)50-31)4-5-36-44(57-36,9-11-47-3)41(54)58-43/h6-8,10,12-16,21,27,36,47,53H,4-5,9,11,17-20,22H2,1-3H3,(H2,45,50)(H2,46,49)/t27-,36+,42-,43+,44+/m0/s1. The molecule has 1 fully saturated rings. The molecule has 3 aromatic heterocycles. The molecule has 0 saturated carbocycles. The van der Waals surface area contributed by atoms with Crippen LogP contribution in [0.25, 0.3) is 22.2 Å². The number of pyridine rings is 2. The number of esters is 1. The molecule has 1 aliphatic carbocycles. The third kappa shape index (κ3) is 6.55. The summed E-state index contributed by atoms with van der Waals surface area (Å²) in [5.74, 6) is 1.37. The van der Waals surface area contributed by atoms with Gasteiger partial charge in [-0.25, -0.2) is 14.8 Å². The molecular weight excluding hydrogens is 803 g/mol. The number of carbonyl (C=O) groups is 1. The molecule has 14 nitrogen and oxygen atoms in total. The van der Waals surface area contributed by atoms with E-state index in [1.165, 1.54) is 11.6 Å². The molecule has 16 heteroatoms. The third-order valence-electron chi connectivity index (χ3n) is 12.5. The molecule has 7 aliphatic rings. The van der Waals surface area contributed by atoms with Crippen LogP contribution in [0.1, 0.15) is 54.3 Å². The topological polar surface area (TPSA) is 204 Å². The zero-order chi connectivity index (χ0) is 41.6. The van der Waals surface area contributed by atoms with Crippen LogP contribution >= 0.6 is 21.6 Å². The summed E-state index contributed by atoms with van der Waals surface area (Å²) >= 11 is 0. The Bertz CT molecular complexity index is 2680. The summed E-state index contributed by atoms with van der Waals surface area (Å²) in [5, 5.41) is 14.8. The molecule has 0 unspecified atom stereocenters. The number of benzene rings is 1. The number of phenolic OH excluding ortho intramolecular Hbond substituents is 1. The summed E-state index contributed by atoms with van der Waals surface area (Å²) < 4.78 is 25.9. The summed E-state index contributed by atoms with van der Waals surface area (Å²) in [6.07, 6.45) is 11.4. The lowest BCUT2D eigenvalue weighted by Crippen LogP contribution is -2.64. The van der Waals surface area contributed by atoms with Crippen LogP contribution in [0.5, 0.6) is 11.5 Å². The number of nitrogens with one attached hydrogen (secondary N) is 1. The first kappa shape index (κ1) is 38.9. The molecule has 9 heterocycles. The fourth-order valence-electron chi connectivity index (χ4n) is 9.32. The second-order valence-electron chi connectivity index (χ2n) is 16.6. The second kappa shape index (κ2) is 14.4. The van der Waals surface area contributed by atoms with Crippen LogP contribution in [0, 0.1) is 6.92 Å². The fourth-order valence-corrected chi connectivity index (χ4v) is 12.0. The Balaban J connectivity index is 1.04. The van der Waals surface area contributed by atoms with Crippen LogP contribution in [0.3, 0.4) is 0 Å². The van der Waals surface area contributed by atoms with E-state index in [0.717, 1.165) is 34.6 Å². The number of carbonyl (C=O) groups excluding carboxylic acids is 1. The number of hydrogen-bond donors (Lipinski definition) is 4. The molecule has 6 N–H and O–H groups in total.